The summed E-state index contributed by atoms with van der Waals surface area (Å²) < 4.78 is 0. The third kappa shape index (κ3) is 5.05. The van der Waals surface area contributed by atoms with Crippen molar-refractivity contribution in [2.75, 3.05) is 19.6 Å². The molecular weight excluding hydrogens is 312 g/mol. The maximum atomic E-state index is 12.5. The smallest absolute Gasteiger partial charge is 0.253 e. The SMILES string of the molecule is CC(O)CN(Cc1ccc(C(=O)N2CCCC2)cc1)C1CCCCC1. The first-order chi connectivity index (χ1) is 12.1. The van der Waals surface area contributed by atoms with Gasteiger partial charge in [-0.2, -0.15) is 0 Å². The molecule has 2 aliphatic rings. The van der Waals surface area contributed by atoms with Gasteiger partial charge in [0.05, 0.1) is 6.10 Å². The van der Waals surface area contributed by atoms with Crippen LogP contribution in [0.1, 0.15) is 67.8 Å². The Morgan fingerprint density at radius 3 is 2.36 bits per heavy atom. The standard InChI is InChI=1S/C21H32N2O2/c1-17(24)15-23(20-7-3-2-4-8-20)16-18-9-11-19(12-10-18)21(25)22-13-5-6-14-22/h9-12,17,20,24H,2-8,13-16H2,1H3. The molecule has 0 aromatic heterocycles. The quantitative estimate of drug-likeness (QED) is 0.860. The first-order valence-corrected chi connectivity index (χ1v) is 9.94. The number of nitrogens with zero attached hydrogens (tertiary/aromatic N) is 2. The molecule has 3 rings (SSSR count). The molecule has 138 valence electrons. The fraction of sp³-hybridized carbons (Fsp3) is 0.667. The molecule has 1 amide bonds. The number of aliphatic hydroxyl groups excluding tert-OH is 1. The summed E-state index contributed by atoms with van der Waals surface area (Å²) in [5.41, 5.74) is 2.02. The number of benzene rings is 1. The topological polar surface area (TPSA) is 43.8 Å². The lowest BCUT2D eigenvalue weighted by Crippen LogP contribution is -2.40. The van der Waals surface area contributed by atoms with Gasteiger partial charge in [0.25, 0.3) is 5.91 Å². The molecule has 25 heavy (non-hydrogen) atoms. The number of hydrogen-bond acceptors (Lipinski definition) is 3. The van der Waals surface area contributed by atoms with E-state index in [-0.39, 0.29) is 12.0 Å². The molecule has 4 heteroatoms. The molecule has 1 aliphatic heterocycles. The highest BCUT2D eigenvalue weighted by molar-refractivity contribution is 5.94. The predicted molar refractivity (Wildman–Crippen MR) is 101 cm³/mol. The Bertz CT molecular complexity index is 544. The summed E-state index contributed by atoms with van der Waals surface area (Å²) in [6.07, 6.45) is 8.34. The molecule has 1 aliphatic carbocycles. The van der Waals surface area contributed by atoms with Crippen LogP contribution in [0.5, 0.6) is 0 Å². The minimum Gasteiger partial charge on any atom is -0.392 e. The van der Waals surface area contributed by atoms with Crippen LogP contribution in [-0.4, -0.2) is 52.6 Å². The van der Waals surface area contributed by atoms with Gasteiger partial charge in [-0.1, -0.05) is 31.4 Å². The summed E-state index contributed by atoms with van der Waals surface area (Å²) >= 11 is 0. The average molecular weight is 344 g/mol. The van der Waals surface area contributed by atoms with Crippen molar-refractivity contribution in [3.05, 3.63) is 35.4 Å². The van der Waals surface area contributed by atoms with E-state index in [4.69, 9.17) is 0 Å². The number of rotatable bonds is 6. The van der Waals surface area contributed by atoms with Crippen molar-refractivity contribution in [1.29, 1.82) is 0 Å². The van der Waals surface area contributed by atoms with E-state index < -0.39 is 0 Å². The highest BCUT2D eigenvalue weighted by atomic mass is 16.3. The summed E-state index contributed by atoms with van der Waals surface area (Å²) in [4.78, 5) is 16.8. The fourth-order valence-corrected chi connectivity index (χ4v) is 4.22. The van der Waals surface area contributed by atoms with Gasteiger partial charge in [0.2, 0.25) is 0 Å². The van der Waals surface area contributed by atoms with Gasteiger partial charge in [-0.3, -0.25) is 9.69 Å². The second-order valence-electron chi connectivity index (χ2n) is 7.77. The van der Waals surface area contributed by atoms with Crippen LogP contribution >= 0.6 is 0 Å². The van der Waals surface area contributed by atoms with E-state index in [1.54, 1.807) is 0 Å². The van der Waals surface area contributed by atoms with Gasteiger partial charge >= 0.3 is 0 Å². The molecule has 1 heterocycles. The normalized spacial score (nSPS) is 20.2. The number of likely N-dealkylation sites (tertiary alicyclic amines) is 1. The molecular formula is C21H32N2O2. The molecule has 1 saturated heterocycles. The molecule has 4 nitrogen and oxygen atoms in total. The van der Waals surface area contributed by atoms with Crippen LogP contribution in [0, 0.1) is 0 Å². The summed E-state index contributed by atoms with van der Waals surface area (Å²) in [5, 5.41) is 9.88. The van der Waals surface area contributed by atoms with Crippen LogP contribution in [0.15, 0.2) is 24.3 Å². The predicted octanol–water partition coefficient (Wildman–Crippen LogP) is 3.44. The zero-order valence-electron chi connectivity index (χ0n) is 15.5. The second kappa shape index (κ2) is 8.81. The van der Waals surface area contributed by atoms with Gasteiger partial charge in [0.1, 0.15) is 0 Å². The minimum absolute atomic E-state index is 0.164. The highest BCUT2D eigenvalue weighted by Crippen LogP contribution is 2.24. The third-order valence-corrected chi connectivity index (χ3v) is 5.57. The van der Waals surface area contributed by atoms with Crippen molar-refractivity contribution in [1.82, 2.24) is 9.80 Å². The van der Waals surface area contributed by atoms with Gasteiger partial charge < -0.3 is 10.0 Å². The molecule has 1 N–H and O–H groups in total. The summed E-state index contributed by atoms with van der Waals surface area (Å²) in [7, 11) is 0. The number of amides is 1. The van der Waals surface area contributed by atoms with Crippen molar-refractivity contribution >= 4 is 5.91 Å². The molecule has 2 fully saturated rings. The number of aliphatic hydroxyl groups is 1. The van der Waals surface area contributed by atoms with Crippen LogP contribution in [0.4, 0.5) is 0 Å². The summed E-state index contributed by atoms with van der Waals surface area (Å²) in [6, 6.07) is 8.69. The molecule has 1 aromatic rings. The van der Waals surface area contributed by atoms with E-state index in [2.05, 4.69) is 17.0 Å². The van der Waals surface area contributed by atoms with Crippen molar-refractivity contribution in [2.24, 2.45) is 0 Å². The number of hydrogen-bond donors (Lipinski definition) is 1. The Morgan fingerprint density at radius 1 is 1.12 bits per heavy atom. The molecule has 1 unspecified atom stereocenters. The Labute approximate surface area is 151 Å². The van der Waals surface area contributed by atoms with Crippen LogP contribution < -0.4 is 0 Å². The lowest BCUT2D eigenvalue weighted by atomic mass is 9.93. The highest BCUT2D eigenvalue weighted by Gasteiger charge is 2.23. The lowest BCUT2D eigenvalue weighted by Gasteiger charge is -2.35. The lowest BCUT2D eigenvalue weighted by molar-refractivity contribution is 0.0769. The maximum absolute atomic E-state index is 12.5. The van der Waals surface area contributed by atoms with Crippen LogP contribution in [0.3, 0.4) is 0 Å². The van der Waals surface area contributed by atoms with Crippen LogP contribution in [0.2, 0.25) is 0 Å². The van der Waals surface area contributed by atoms with Gasteiger partial charge in [-0.25, -0.2) is 0 Å². The summed E-state index contributed by atoms with van der Waals surface area (Å²) in [5.74, 6) is 0.164. The Morgan fingerprint density at radius 2 is 1.76 bits per heavy atom. The number of carbonyl (C=O) groups is 1. The van der Waals surface area contributed by atoms with E-state index in [9.17, 15) is 9.90 Å². The molecule has 0 radical (unpaired) electrons. The Kier molecular flexibility index (Phi) is 6.49. The van der Waals surface area contributed by atoms with E-state index in [0.717, 1.165) is 44.6 Å². The van der Waals surface area contributed by atoms with E-state index >= 15 is 0 Å². The van der Waals surface area contributed by atoms with Gasteiger partial charge in [-0.05, 0) is 50.3 Å². The van der Waals surface area contributed by atoms with Crippen molar-refractivity contribution in [3.8, 4) is 0 Å². The average Bonchev–Trinajstić information content (AvgIpc) is 3.16. The van der Waals surface area contributed by atoms with Gasteiger partial charge in [0, 0.05) is 37.8 Å². The van der Waals surface area contributed by atoms with Crippen LogP contribution in [0.25, 0.3) is 0 Å². The Hall–Kier alpha value is -1.39. The third-order valence-electron chi connectivity index (χ3n) is 5.57. The fourth-order valence-electron chi connectivity index (χ4n) is 4.22. The van der Waals surface area contributed by atoms with Crippen molar-refractivity contribution < 1.29 is 9.90 Å². The first kappa shape index (κ1) is 18.4. The Balaban J connectivity index is 1.64. The first-order valence-electron chi connectivity index (χ1n) is 9.94. The van der Waals surface area contributed by atoms with Gasteiger partial charge in [-0.15, -0.1) is 0 Å². The zero-order valence-corrected chi connectivity index (χ0v) is 15.5. The molecule has 0 spiro atoms. The van der Waals surface area contributed by atoms with E-state index in [1.165, 1.54) is 37.7 Å². The van der Waals surface area contributed by atoms with Crippen molar-refractivity contribution in [3.63, 3.8) is 0 Å². The van der Waals surface area contributed by atoms with E-state index in [1.807, 2.05) is 24.0 Å². The monoisotopic (exact) mass is 344 g/mol. The maximum Gasteiger partial charge on any atom is 0.253 e. The molecule has 1 aromatic carbocycles. The van der Waals surface area contributed by atoms with Crippen LogP contribution in [-0.2, 0) is 6.54 Å². The molecule has 1 atom stereocenters. The molecule has 1 saturated carbocycles. The van der Waals surface area contributed by atoms with Crippen molar-refractivity contribution in [2.45, 2.75) is 70.6 Å². The molecule has 0 bridgehead atoms. The van der Waals surface area contributed by atoms with Gasteiger partial charge in [0.15, 0.2) is 0 Å². The number of carbonyl (C=O) groups excluding carboxylic acids is 1. The second-order valence-corrected chi connectivity index (χ2v) is 7.77. The minimum atomic E-state index is -0.307. The van der Waals surface area contributed by atoms with E-state index in [0.29, 0.717) is 6.04 Å². The largest absolute Gasteiger partial charge is 0.392 e. The summed E-state index contributed by atoms with van der Waals surface area (Å²) in [6.45, 7) is 5.23. The zero-order chi connectivity index (χ0) is 17.6.